The van der Waals surface area contributed by atoms with Gasteiger partial charge in [-0.05, 0) is 41.8 Å². The molecule has 3 aromatic rings. The van der Waals surface area contributed by atoms with Gasteiger partial charge in [-0.2, -0.15) is 0 Å². The minimum absolute atomic E-state index is 0.0519. The quantitative estimate of drug-likeness (QED) is 0.649. The molecular formula is C20H19NO3S. The first kappa shape index (κ1) is 17.2. The average Bonchev–Trinajstić information content (AvgIpc) is 3.03. The van der Waals surface area contributed by atoms with Gasteiger partial charge in [0.1, 0.15) is 16.5 Å². The molecule has 128 valence electrons. The summed E-state index contributed by atoms with van der Waals surface area (Å²) in [5.41, 5.74) is 2.70. The molecule has 0 saturated heterocycles. The van der Waals surface area contributed by atoms with E-state index in [0.717, 1.165) is 22.1 Å². The molecule has 5 heteroatoms. The molecule has 0 spiro atoms. The van der Waals surface area contributed by atoms with Gasteiger partial charge in [-0.3, -0.25) is 4.79 Å². The molecule has 4 nitrogen and oxygen atoms in total. The number of aromatic nitrogens is 1. The van der Waals surface area contributed by atoms with E-state index in [2.05, 4.69) is 24.9 Å². The third-order valence-electron chi connectivity index (χ3n) is 3.75. The number of hydrogen-bond donors (Lipinski definition) is 1. The lowest BCUT2D eigenvalue weighted by atomic mass is 10.0. The fourth-order valence-electron chi connectivity index (χ4n) is 2.52. The monoisotopic (exact) mass is 353 g/mol. The van der Waals surface area contributed by atoms with Crippen LogP contribution in [0.4, 0.5) is 0 Å². The summed E-state index contributed by atoms with van der Waals surface area (Å²) in [5, 5.41) is 11.4. The highest BCUT2D eigenvalue weighted by molar-refractivity contribution is 7.13. The van der Waals surface area contributed by atoms with Crippen molar-refractivity contribution in [2.75, 3.05) is 0 Å². The lowest BCUT2D eigenvalue weighted by Crippen LogP contribution is -1.99. The fraction of sp³-hybridized carbons (Fsp3) is 0.200. The number of carboxylic acids is 1. The van der Waals surface area contributed by atoms with E-state index in [9.17, 15) is 4.79 Å². The molecule has 0 unspecified atom stereocenters. The molecule has 0 fully saturated rings. The molecule has 1 aromatic heterocycles. The molecule has 0 bridgehead atoms. The van der Waals surface area contributed by atoms with Crippen LogP contribution in [0, 0.1) is 0 Å². The van der Waals surface area contributed by atoms with Crippen molar-refractivity contribution in [1.29, 1.82) is 0 Å². The number of carboxylic acid groups (broad SMARTS) is 1. The summed E-state index contributed by atoms with van der Waals surface area (Å²) in [6.45, 7) is 4.28. The largest absolute Gasteiger partial charge is 0.481 e. The Morgan fingerprint density at radius 2 is 1.88 bits per heavy atom. The van der Waals surface area contributed by atoms with E-state index in [1.54, 1.807) is 5.38 Å². The maximum absolute atomic E-state index is 10.8. The summed E-state index contributed by atoms with van der Waals surface area (Å²) < 4.78 is 6.02. The molecule has 0 aliphatic heterocycles. The Labute approximate surface area is 150 Å². The highest BCUT2D eigenvalue weighted by Crippen LogP contribution is 2.32. The number of nitrogens with zero attached hydrogens (tertiary/aromatic N) is 1. The molecule has 0 aliphatic rings. The number of benzene rings is 2. The van der Waals surface area contributed by atoms with E-state index in [0.29, 0.717) is 11.6 Å². The lowest BCUT2D eigenvalue weighted by Gasteiger charge is -2.13. The highest BCUT2D eigenvalue weighted by atomic mass is 32.1. The van der Waals surface area contributed by atoms with Gasteiger partial charge < -0.3 is 9.84 Å². The standard InChI is InChI=1S/C20H19NO3S/c1-13(2)17-5-3-4-6-18(17)24-16-9-7-14(8-10-16)20-21-15(12-25-20)11-19(22)23/h3-10,12-13H,11H2,1-2H3,(H,22,23). The van der Waals surface area contributed by atoms with Crippen molar-refractivity contribution in [2.45, 2.75) is 26.2 Å². The first-order chi connectivity index (χ1) is 12.0. The van der Waals surface area contributed by atoms with E-state index in [-0.39, 0.29) is 6.42 Å². The van der Waals surface area contributed by atoms with Crippen molar-refractivity contribution in [3.63, 3.8) is 0 Å². The van der Waals surface area contributed by atoms with E-state index >= 15 is 0 Å². The molecular weight excluding hydrogens is 334 g/mol. The van der Waals surface area contributed by atoms with Crippen LogP contribution >= 0.6 is 11.3 Å². The van der Waals surface area contributed by atoms with Crippen LogP contribution in [0.15, 0.2) is 53.9 Å². The van der Waals surface area contributed by atoms with Gasteiger partial charge in [0.05, 0.1) is 12.1 Å². The molecule has 1 heterocycles. The molecule has 0 amide bonds. The van der Waals surface area contributed by atoms with Gasteiger partial charge in [0.25, 0.3) is 0 Å². The second kappa shape index (κ2) is 7.49. The Bertz CT molecular complexity index is 869. The SMILES string of the molecule is CC(C)c1ccccc1Oc1ccc(-c2nc(CC(=O)O)cs2)cc1. The van der Waals surface area contributed by atoms with Crippen LogP contribution in [0.3, 0.4) is 0 Å². The first-order valence-electron chi connectivity index (χ1n) is 8.06. The summed E-state index contributed by atoms with van der Waals surface area (Å²) >= 11 is 1.45. The van der Waals surface area contributed by atoms with Gasteiger partial charge in [-0.15, -0.1) is 11.3 Å². The van der Waals surface area contributed by atoms with Gasteiger partial charge in [0.2, 0.25) is 0 Å². The highest BCUT2D eigenvalue weighted by Gasteiger charge is 2.10. The Morgan fingerprint density at radius 3 is 2.56 bits per heavy atom. The van der Waals surface area contributed by atoms with Crippen molar-refractivity contribution in [3.05, 3.63) is 65.2 Å². The van der Waals surface area contributed by atoms with Crippen LogP contribution in [0.5, 0.6) is 11.5 Å². The smallest absolute Gasteiger partial charge is 0.309 e. The molecule has 3 rings (SSSR count). The summed E-state index contributed by atoms with van der Waals surface area (Å²) in [4.78, 5) is 15.1. The van der Waals surface area contributed by atoms with Crippen LogP contribution in [0.25, 0.3) is 10.6 Å². The third kappa shape index (κ3) is 4.25. The second-order valence-electron chi connectivity index (χ2n) is 6.03. The molecule has 25 heavy (non-hydrogen) atoms. The summed E-state index contributed by atoms with van der Waals surface area (Å²) in [7, 11) is 0. The molecule has 1 N–H and O–H groups in total. The number of ether oxygens (including phenoxy) is 1. The van der Waals surface area contributed by atoms with Crippen molar-refractivity contribution >= 4 is 17.3 Å². The number of para-hydroxylation sites is 1. The summed E-state index contributed by atoms with van der Waals surface area (Å²) in [5.74, 6) is 1.14. The first-order valence-corrected chi connectivity index (χ1v) is 8.94. The molecule has 2 aromatic carbocycles. The molecule has 0 radical (unpaired) electrons. The maximum Gasteiger partial charge on any atom is 0.309 e. The van der Waals surface area contributed by atoms with Crippen molar-refractivity contribution in [1.82, 2.24) is 4.98 Å². The van der Waals surface area contributed by atoms with Crippen LogP contribution in [-0.2, 0) is 11.2 Å². The van der Waals surface area contributed by atoms with E-state index in [1.807, 2.05) is 42.5 Å². The Hall–Kier alpha value is -2.66. The van der Waals surface area contributed by atoms with Crippen LogP contribution in [-0.4, -0.2) is 16.1 Å². The van der Waals surface area contributed by atoms with Crippen LogP contribution in [0.2, 0.25) is 0 Å². The van der Waals surface area contributed by atoms with Gasteiger partial charge in [-0.25, -0.2) is 4.98 Å². The number of hydrogen-bond acceptors (Lipinski definition) is 4. The Balaban J connectivity index is 1.77. The van der Waals surface area contributed by atoms with E-state index in [1.165, 1.54) is 16.9 Å². The molecule has 0 saturated carbocycles. The van der Waals surface area contributed by atoms with Crippen LogP contribution < -0.4 is 4.74 Å². The Morgan fingerprint density at radius 1 is 1.16 bits per heavy atom. The Kier molecular flexibility index (Phi) is 5.14. The zero-order chi connectivity index (χ0) is 17.8. The summed E-state index contributed by atoms with van der Waals surface area (Å²) in [6.07, 6.45) is -0.0519. The van der Waals surface area contributed by atoms with Gasteiger partial charge >= 0.3 is 5.97 Å². The number of thiazole rings is 1. The van der Waals surface area contributed by atoms with E-state index < -0.39 is 5.97 Å². The number of carbonyl (C=O) groups is 1. The summed E-state index contributed by atoms with van der Waals surface area (Å²) in [6, 6.07) is 15.7. The predicted molar refractivity (Wildman–Crippen MR) is 99.5 cm³/mol. The predicted octanol–water partition coefficient (Wildman–Crippen LogP) is 5.35. The molecule has 0 atom stereocenters. The van der Waals surface area contributed by atoms with Crippen molar-refractivity contribution in [3.8, 4) is 22.1 Å². The van der Waals surface area contributed by atoms with Crippen LogP contribution in [0.1, 0.15) is 31.0 Å². The third-order valence-corrected chi connectivity index (χ3v) is 4.69. The zero-order valence-electron chi connectivity index (χ0n) is 14.1. The maximum atomic E-state index is 10.8. The zero-order valence-corrected chi connectivity index (χ0v) is 14.9. The minimum Gasteiger partial charge on any atom is -0.481 e. The average molecular weight is 353 g/mol. The minimum atomic E-state index is -0.871. The van der Waals surface area contributed by atoms with Gasteiger partial charge in [0.15, 0.2) is 0 Å². The normalized spacial score (nSPS) is 10.8. The molecule has 0 aliphatic carbocycles. The number of aliphatic carboxylic acids is 1. The topological polar surface area (TPSA) is 59.4 Å². The van der Waals surface area contributed by atoms with Gasteiger partial charge in [0, 0.05) is 10.9 Å². The number of rotatable bonds is 6. The lowest BCUT2D eigenvalue weighted by molar-refractivity contribution is -0.136. The van der Waals surface area contributed by atoms with Crippen molar-refractivity contribution < 1.29 is 14.6 Å². The fourth-order valence-corrected chi connectivity index (χ4v) is 3.34. The second-order valence-corrected chi connectivity index (χ2v) is 6.89. The van der Waals surface area contributed by atoms with E-state index in [4.69, 9.17) is 9.84 Å². The van der Waals surface area contributed by atoms with Crippen molar-refractivity contribution in [2.24, 2.45) is 0 Å². The van der Waals surface area contributed by atoms with Gasteiger partial charge in [-0.1, -0.05) is 32.0 Å².